The molecule has 64 valence electrons. The molecule has 0 aliphatic rings. The minimum atomic E-state index is 0.952. The normalized spacial score (nSPS) is 12.5. The number of oxime groups is 1. The van der Waals surface area contributed by atoms with Gasteiger partial charge < -0.3 is 4.84 Å². The molecule has 0 spiro atoms. The van der Waals surface area contributed by atoms with Gasteiger partial charge in [0.05, 0.1) is 5.71 Å². The number of allylic oxidation sites excluding steroid dienone is 1. The van der Waals surface area contributed by atoms with Crippen LogP contribution in [0.4, 0.5) is 0 Å². The van der Waals surface area contributed by atoms with Crippen molar-refractivity contribution in [2.75, 3.05) is 11.5 Å². The Hall–Kier alpha value is -0.440. The van der Waals surface area contributed by atoms with Gasteiger partial charge in [0, 0.05) is 5.75 Å². The highest BCUT2D eigenvalue weighted by Gasteiger charge is 1.89. The van der Waals surface area contributed by atoms with Crippen molar-refractivity contribution in [1.29, 1.82) is 0 Å². The van der Waals surface area contributed by atoms with Gasteiger partial charge in [-0.05, 0) is 25.7 Å². The first kappa shape index (κ1) is 10.6. The molecule has 3 heteroatoms. The Kier molecular flexibility index (Phi) is 7.36. The van der Waals surface area contributed by atoms with Crippen LogP contribution in [0.25, 0.3) is 0 Å². The number of rotatable bonds is 5. The van der Waals surface area contributed by atoms with E-state index in [1.165, 1.54) is 0 Å². The Morgan fingerprint density at radius 2 is 2.36 bits per heavy atom. The monoisotopic (exact) mass is 173 g/mol. The lowest BCUT2D eigenvalue weighted by atomic mass is 10.5. The first-order chi connectivity index (χ1) is 5.31. The van der Waals surface area contributed by atoms with E-state index in [1.807, 2.05) is 31.7 Å². The second kappa shape index (κ2) is 7.66. The van der Waals surface area contributed by atoms with Gasteiger partial charge in [-0.2, -0.15) is 11.8 Å². The van der Waals surface area contributed by atoms with Gasteiger partial charge in [0.25, 0.3) is 0 Å². The minimum Gasteiger partial charge on any atom is -0.365 e. The van der Waals surface area contributed by atoms with E-state index in [9.17, 15) is 0 Å². The third-order valence-electron chi connectivity index (χ3n) is 0.921. The lowest BCUT2D eigenvalue weighted by molar-refractivity contribution is 0.267. The fourth-order valence-corrected chi connectivity index (χ4v) is 1.01. The summed E-state index contributed by atoms with van der Waals surface area (Å²) in [5.74, 6) is 2.07. The summed E-state index contributed by atoms with van der Waals surface area (Å²) in [5.41, 5.74) is 1.02. The van der Waals surface area contributed by atoms with E-state index in [1.54, 1.807) is 6.26 Å². The minimum absolute atomic E-state index is 0.952. The summed E-state index contributed by atoms with van der Waals surface area (Å²) in [6.45, 7) is 5.99. The molecule has 0 atom stereocenters. The topological polar surface area (TPSA) is 21.6 Å². The lowest BCUT2D eigenvalue weighted by Crippen LogP contribution is -1.95. The van der Waals surface area contributed by atoms with Crippen molar-refractivity contribution in [3.8, 4) is 0 Å². The van der Waals surface area contributed by atoms with Crippen LogP contribution >= 0.6 is 11.8 Å². The Morgan fingerprint density at radius 1 is 1.64 bits per heavy atom. The molecule has 0 radical (unpaired) electrons. The zero-order chi connectivity index (χ0) is 8.53. The van der Waals surface area contributed by atoms with Crippen LogP contribution in [0.5, 0.6) is 0 Å². The van der Waals surface area contributed by atoms with Crippen molar-refractivity contribution in [2.24, 2.45) is 5.16 Å². The molecule has 0 bridgehead atoms. The Morgan fingerprint density at radius 3 is 2.91 bits per heavy atom. The zero-order valence-electron chi connectivity index (χ0n) is 7.33. The smallest absolute Gasteiger partial charge is 0.117 e. The second-order valence-electron chi connectivity index (χ2n) is 2.04. The summed E-state index contributed by atoms with van der Waals surface area (Å²) < 4.78 is 0. The zero-order valence-corrected chi connectivity index (χ0v) is 8.15. The van der Waals surface area contributed by atoms with Gasteiger partial charge in [-0.25, -0.2) is 0 Å². The molecule has 0 heterocycles. The highest BCUT2D eigenvalue weighted by molar-refractivity contribution is 7.99. The summed E-state index contributed by atoms with van der Waals surface area (Å²) in [5, 5.41) is 3.86. The van der Waals surface area contributed by atoms with E-state index in [2.05, 4.69) is 12.1 Å². The van der Waals surface area contributed by atoms with Crippen LogP contribution in [0.2, 0.25) is 0 Å². The van der Waals surface area contributed by atoms with E-state index in [4.69, 9.17) is 4.84 Å². The number of nitrogens with zero attached hydrogens (tertiary/aromatic N) is 1. The fraction of sp³-hybridized carbons (Fsp3) is 0.625. The van der Waals surface area contributed by atoms with Crippen molar-refractivity contribution < 1.29 is 4.84 Å². The first-order valence-electron chi connectivity index (χ1n) is 3.69. The van der Waals surface area contributed by atoms with Crippen LogP contribution in [0, 0.1) is 0 Å². The molecule has 0 aliphatic carbocycles. The summed E-state index contributed by atoms with van der Waals surface area (Å²) in [4.78, 5) is 4.84. The quantitative estimate of drug-likeness (QED) is 0.362. The molecular formula is C8H15NOS. The fourth-order valence-electron chi connectivity index (χ4n) is 0.457. The Labute approximate surface area is 72.7 Å². The molecule has 0 amide bonds. The molecule has 2 nitrogen and oxygen atoms in total. The maximum atomic E-state index is 4.84. The van der Waals surface area contributed by atoms with Gasteiger partial charge in [-0.15, -0.1) is 0 Å². The first-order valence-corrected chi connectivity index (χ1v) is 4.85. The highest BCUT2D eigenvalue weighted by Crippen LogP contribution is 1.99. The summed E-state index contributed by atoms with van der Waals surface area (Å²) in [6.07, 6.45) is 3.38. The molecule has 0 fully saturated rings. The summed E-state index contributed by atoms with van der Waals surface area (Å²) in [7, 11) is 0. The maximum Gasteiger partial charge on any atom is 0.117 e. The van der Waals surface area contributed by atoms with Crippen LogP contribution < -0.4 is 0 Å². The van der Waals surface area contributed by atoms with Crippen LogP contribution in [0.3, 0.4) is 0 Å². The standard InChI is InChI=1S/C8H15NOS/c1-4-6-10-9-8(3)7-11-5-2/h4,6H,5,7H2,1-3H3/b6-4-,9-8+. The van der Waals surface area contributed by atoms with Gasteiger partial charge in [-0.3, -0.25) is 0 Å². The largest absolute Gasteiger partial charge is 0.365 e. The molecule has 0 rings (SSSR count). The molecule has 0 N–H and O–H groups in total. The van der Waals surface area contributed by atoms with E-state index < -0.39 is 0 Å². The molecule has 0 aliphatic heterocycles. The van der Waals surface area contributed by atoms with E-state index in [-0.39, 0.29) is 0 Å². The molecule has 0 saturated carbocycles. The number of hydrogen-bond acceptors (Lipinski definition) is 3. The molecule has 0 aromatic rings. The molecule has 0 aromatic heterocycles. The van der Waals surface area contributed by atoms with Gasteiger partial charge in [-0.1, -0.05) is 12.1 Å². The van der Waals surface area contributed by atoms with Gasteiger partial charge in [0.1, 0.15) is 6.26 Å². The van der Waals surface area contributed by atoms with Gasteiger partial charge in [0.15, 0.2) is 0 Å². The van der Waals surface area contributed by atoms with Crippen molar-refractivity contribution in [2.45, 2.75) is 20.8 Å². The van der Waals surface area contributed by atoms with Crippen molar-refractivity contribution >= 4 is 17.5 Å². The molecule has 0 saturated heterocycles. The predicted molar refractivity (Wildman–Crippen MR) is 52.0 cm³/mol. The van der Waals surface area contributed by atoms with E-state index in [0.717, 1.165) is 17.2 Å². The molecular weight excluding hydrogens is 158 g/mol. The molecule has 0 unspecified atom stereocenters. The molecule has 11 heavy (non-hydrogen) atoms. The van der Waals surface area contributed by atoms with Crippen molar-refractivity contribution in [3.63, 3.8) is 0 Å². The van der Waals surface area contributed by atoms with Crippen LogP contribution in [0.15, 0.2) is 17.5 Å². The van der Waals surface area contributed by atoms with Gasteiger partial charge >= 0.3 is 0 Å². The number of thioether (sulfide) groups is 1. The van der Waals surface area contributed by atoms with Crippen LogP contribution in [0.1, 0.15) is 20.8 Å². The van der Waals surface area contributed by atoms with Gasteiger partial charge in [0.2, 0.25) is 0 Å². The summed E-state index contributed by atoms with van der Waals surface area (Å²) in [6, 6.07) is 0. The van der Waals surface area contributed by atoms with Crippen molar-refractivity contribution in [3.05, 3.63) is 12.3 Å². The van der Waals surface area contributed by atoms with Crippen LogP contribution in [-0.2, 0) is 4.84 Å². The van der Waals surface area contributed by atoms with E-state index in [0.29, 0.717) is 0 Å². The SMILES string of the molecule is C/C=C\O/N=C(\C)CSCC. The average molecular weight is 173 g/mol. The highest BCUT2D eigenvalue weighted by atomic mass is 32.2. The maximum absolute atomic E-state index is 4.84. The third kappa shape index (κ3) is 7.46. The van der Waals surface area contributed by atoms with Crippen LogP contribution in [-0.4, -0.2) is 17.2 Å². The van der Waals surface area contributed by atoms with E-state index >= 15 is 0 Å². The average Bonchev–Trinajstić information content (AvgIpc) is 2.01. The number of hydrogen-bond donors (Lipinski definition) is 0. The third-order valence-corrected chi connectivity index (χ3v) is 1.95. The Bertz CT molecular complexity index is 143. The molecule has 0 aromatic carbocycles. The van der Waals surface area contributed by atoms with Crippen molar-refractivity contribution in [1.82, 2.24) is 0 Å². The predicted octanol–water partition coefficient (Wildman–Crippen LogP) is 2.67. The second-order valence-corrected chi connectivity index (χ2v) is 3.31. The Balaban J connectivity index is 3.45. The summed E-state index contributed by atoms with van der Waals surface area (Å²) >= 11 is 1.84. The lowest BCUT2D eigenvalue weighted by Gasteiger charge is -1.95.